The Morgan fingerprint density at radius 2 is 1.65 bits per heavy atom. The Balaban J connectivity index is 1.42. The van der Waals surface area contributed by atoms with Crippen molar-refractivity contribution in [1.29, 1.82) is 0 Å². The van der Waals surface area contributed by atoms with Crippen LogP contribution in [0.3, 0.4) is 0 Å². The van der Waals surface area contributed by atoms with Crippen LogP contribution in [0, 0.1) is 0 Å². The zero-order valence-corrected chi connectivity index (χ0v) is 18.9. The van der Waals surface area contributed by atoms with Crippen molar-refractivity contribution in [1.82, 2.24) is 20.2 Å². The predicted octanol–water partition coefficient (Wildman–Crippen LogP) is 1.00. The van der Waals surface area contributed by atoms with Crippen molar-refractivity contribution in [3.05, 3.63) is 35.7 Å². The van der Waals surface area contributed by atoms with Crippen molar-refractivity contribution >= 4 is 0 Å². The summed E-state index contributed by atoms with van der Waals surface area (Å²) in [6, 6.07) is 9.91. The molecule has 0 radical (unpaired) electrons. The van der Waals surface area contributed by atoms with E-state index in [1.54, 1.807) is 12.0 Å². The number of tetrazole rings is 1. The number of nitrogens with zero attached hydrogens (tertiary/aromatic N) is 4. The molecule has 7 heteroatoms. The van der Waals surface area contributed by atoms with Crippen LogP contribution < -0.4 is 14.5 Å². The molecule has 1 aromatic heterocycles. The van der Waals surface area contributed by atoms with Gasteiger partial charge in [-0.2, -0.15) is 0 Å². The molecule has 0 bridgehead atoms. The number of hydrogen-bond acceptors (Lipinski definition) is 4. The van der Waals surface area contributed by atoms with E-state index in [0.717, 1.165) is 30.7 Å². The lowest BCUT2D eigenvalue weighted by atomic mass is 9.93. The summed E-state index contributed by atoms with van der Waals surface area (Å²) in [4.78, 5) is 3.41. The number of aromatic nitrogens is 4. The van der Waals surface area contributed by atoms with Crippen LogP contribution in [0.2, 0.25) is 0 Å². The van der Waals surface area contributed by atoms with Gasteiger partial charge in [0, 0.05) is 0 Å². The normalized spacial score (nSPS) is 26.7. The molecular formula is C24H38N6O+2. The molecule has 1 saturated heterocycles. The molecule has 2 N–H and O–H groups in total. The van der Waals surface area contributed by atoms with E-state index in [1.807, 2.05) is 4.90 Å². The summed E-state index contributed by atoms with van der Waals surface area (Å²) in [6.07, 6.45) is 12.0. The summed E-state index contributed by atoms with van der Waals surface area (Å²) in [6.45, 7) is 4.81. The maximum atomic E-state index is 5.80. The van der Waals surface area contributed by atoms with E-state index < -0.39 is 0 Å². The quantitative estimate of drug-likeness (QED) is 0.724. The molecule has 0 unspecified atom stereocenters. The highest BCUT2D eigenvalue weighted by molar-refractivity contribution is 5.37. The zero-order chi connectivity index (χ0) is 21.0. The first-order valence-corrected chi connectivity index (χ1v) is 12.4. The lowest BCUT2D eigenvalue weighted by Gasteiger charge is -2.38. The molecule has 31 heavy (non-hydrogen) atoms. The monoisotopic (exact) mass is 426 g/mol. The third kappa shape index (κ3) is 4.35. The molecule has 0 spiro atoms. The molecule has 2 saturated carbocycles. The molecule has 3 aliphatic rings. The summed E-state index contributed by atoms with van der Waals surface area (Å²) >= 11 is 0. The third-order valence-corrected chi connectivity index (χ3v) is 8.02. The van der Waals surface area contributed by atoms with E-state index in [0.29, 0.717) is 6.04 Å². The molecule has 3 fully saturated rings. The molecule has 1 aromatic carbocycles. The Kier molecular flexibility index (Phi) is 6.50. The second-order valence-electron chi connectivity index (χ2n) is 9.75. The first-order chi connectivity index (χ1) is 15.3. The summed E-state index contributed by atoms with van der Waals surface area (Å²) in [5.41, 5.74) is 1.22. The van der Waals surface area contributed by atoms with E-state index >= 15 is 0 Å². The minimum absolute atomic E-state index is 0.125. The Labute approximate surface area is 185 Å². The molecule has 2 aliphatic carbocycles. The fraction of sp³-hybridized carbons (Fsp3) is 0.708. The summed E-state index contributed by atoms with van der Waals surface area (Å²) in [5.74, 6) is 1.97. The Morgan fingerprint density at radius 1 is 0.935 bits per heavy atom. The van der Waals surface area contributed by atoms with Gasteiger partial charge in [-0.05, 0) is 61.1 Å². The van der Waals surface area contributed by atoms with Gasteiger partial charge >= 0.3 is 0 Å². The second kappa shape index (κ2) is 9.65. The van der Waals surface area contributed by atoms with Gasteiger partial charge in [0.2, 0.25) is 5.82 Å². The van der Waals surface area contributed by atoms with Gasteiger partial charge in [0.05, 0.1) is 24.8 Å². The van der Waals surface area contributed by atoms with E-state index in [-0.39, 0.29) is 6.04 Å². The van der Waals surface area contributed by atoms with Crippen molar-refractivity contribution in [2.75, 3.05) is 33.3 Å². The maximum Gasteiger partial charge on any atom is 0.214 e. The fourth-order valence-corrected chi connectivity index (χ4v) is 6.35. The molecule has 2 heterocycles. The van der Waals surface area contributed by atoms with Gasteiger partial charge in [0.15, 0.2) is 6.04 Å². The van der Waals surface area contributed by atoms with Crippen LogP contribution in [0.15, 0.2) is 24.3 Å². The van der Waals surface area contributed by atoms with E-state index in [1.165, 1.54) is 76.4 Å². The average molecular weight is 427 g/mol. The van der Waals surface area contributed by atoms with E-state index in [2.05, 4.69) is 44.5 Å². The standard InChI is InChI=1S/C24H36N6O/c1-31-22-14-8-7-13-21(22)23(24-25-26-27-30(24)20-11-5-6-12-20)29-17-15-28(16-18-29)19-9-3-2-4-10-19/h7-8,13-14,19-20,23H,2-6,9-12,15-18H2,1H3/p+2/t23-/m1/s1. The van der Waals surface area contributed by atoms with Crippen LogP contribution in [0.1, 0.15) is 81.3 Å². The number of para-hydroxylation sites is 1. The van der Waals surface area contributed by atoms with Crippen LogP contribution in [0.25, 0.3) is 0 Å². The number of ether oxygens (including phenoxy) is 1. The van der Waals surface area contributed by atoms with Crippen molar-refractivity contribution in [3.8, 4) is 5.75 Å². The molecule has 7 nitrogen and oxygen atoms in total. The molecule has 0 amide bonds. The Bertz CT molecular complexity index is 834. The van der Waals surface area contributed by atoms with Gasteiger partial charge in [0.1, 0.15) is 31.9 Å². The minimum Gasteiger partial charge on any atom is -0.496 e. The smallest absolute Gasteiger partial charge is 0.214 e. The SMILES string of the molecule is COc1ccccc1[C@H](c1nnnn1C1CCCC1)[NH+]1CC[NH+](C2CCCCC2)CC1. The fourth-order valence-electron chi connectivity index (χ4n) is 6.35. The zero-order valence-electron chi connectivity index (χ0n) is 18.9. The number of methoxy groups -OCH3 is 1. The van der Waals surface area contributed by atoms with Crippen molar-refractivity contribution in [3.63, 3.8) is 0 Å². The topological polar surface area (TPSA) is 61.7 Å². The van der Waals surface area contributed by atoms with Gasteiger partial charge in [-0.15, -0.1) is 5.10 Å². The number of hydrogen-bond donors (Lipinski definition) is 2. The molecule has 1 atom stereocenters. The van der Waals surface area contributed by atoms with Crippen LogP contribution in [0.5, 0.6) is 5.75 Å². The van der Waals surface area contributed by atoms with E-state index in [9.17, 15) is 0 Å². The first kappa shape index (κ1) is 20.9. The van der Waals surface area contributed by atoms with Crippen LogP contribution >= 0.6 is 0 Å². The molecule has 168 valence electrons. The molecule has 5 rings (SSSR count). The highest BCUT2D eigenvalue weighted by Gasteiger charge is 2.40. The van der Waals surface area contributed by atoms with Crippen molar-refractivity contribution in [2.45, 2.75) is 75.9 Å². The lowest BCUT2D eigenvalue weighted by Crippen LogP contribution is -3.29. The van der Waals surface area contributed by atoms with Gasteiger partial charge in [-0.3, -0.25) is 0 Å². The highest BCUT2D eigenvalue weighted by atomic mass is 16.5. The Morgan fingerprint density at radius 3 is 2.39 bits per heavy atom. The predicted molar refractivity (Wildman–Crippen MR) is 118 cm³/mol. The third-order valence-electron chi connectivity index (χ3n) is 8.02. The van der Waals surface area contributed by atoms with Gasteiger partial charge in [-0.1, -0.05) is 31.4 Å². The lowest BCUT2D eigenvalue weighted by molar-refractivity contribution is -1.03. The summed E-state index contributed by atoms with van der Waals surface area (Å²) in [7, 11) is 1.77. The van der Waals surface area contributed by atoms with Crippen LogP contribution in [0.4, 0.5) is 0 Å². The number of quaternary nitrogens is 2. The first-order valence-electron chi connectivity index (χ1n) is 12.4. The summed E-state index contributed by atoms with van der Waals surface area (Å²) < 4.78 is 7.95. The molecule has 2 aromatic rings. The number of nitrogens with one attached hydrogen (secondary N) is 2. The highest BCUT2D eigenvalue weighted by Crippen LogP contribution is 2.33. The summed E-state index contributed by atoms with van der Waals surface area (Å²) in [5, 5.41) is 13.3. The van der Waals surface area contributed by atoms with Crippen molar-refractivity contribution in [2.24, 2.45) is 0 Å². The number of piperazine rings is 1. The van der Waals surface area contributed by atoms with Crippen LogP contribution in [-0.2, 0) is 0 Å². The largest absolute Gasteiger partial charge is 0.496 e. The number of benzene rings is 1. The Hall–Kier alpha value is -1.99. The minimum atomic E-state index is 0.125. The maximum absolute atomic E-state index is 5.80. The van der Waals surface area contributed by atoms with Gasteiger partial charge in [0.25, 0.3) is 0 Å². The number of rotatable bonds is 6. The van der Waals surface area contributed by atoms with Gasteiger partial charge in [-0.25, -0.2) is 4.68 Å². The average Bonchev–Trinajstić information content (AvgIpc) is 3.53. The van der Waals surface area contributed by atoms with E-state index in [4.69, 9.17) is 4.74 Å². The second-order valence-corrected chi connectivity index (χ2v) is 9.75. The molecule has 1 aliphatic heterocycles. The van der Waals surface area contributed by atoms with Crippen molar-refractivity contribution < 1.29 is 14.5 Å². The molecular weight excluding hydrogens is 388 g/mol. The van der Waals surface area contributed by atoms with Crippen LogP contribution in [-0.4, -0.2) is 59.5 Å². The van der Waals surface area contributed by atoms with Gasteiger partial charge < -0.3 is 14.5 Å².